The molecule has 9 nitrogen and oxygen atoms in total. The summed E-state index contributed by atoms with van der Waals surface area (Å²) in [4.78, 5) is 34.4. The number of carbonyl (C=O) groups excluding carboxylic acids is 2. The molecule has 1 N–H and O–H groups in total. The van der Waals surface area contributed by atoms with Crippen molar-refractivity contribution in [1.29, 1.82) is 0 Å². The van der Waals surface area contributed by atoms with Crippen molar-refractivity contribution in [3.05, 3.63) is 48.0 Å². The molecular weight excluding hydrogens is 458 g/mol. The van der Waals surface area contributed by atoms with Crippen molar-refractivity contribution in [3.8, 4) is 17.1 Å². The molecule has 1 fully saturated rings. The Morgan fingerprint density at radius 2 is 1.89 bits per heavy atom. The Bertz CT molecular complexity index is 1430. The smallest absolute Gasteiger partial charge is 0.339 e. The zero-order chi connectivity index (χ0) is 25.2. The SMILES string of the molecule is CCCOc1ccn2c(C(C)=O)nc(-c3nc4ccc(C(=O)OC)cn4c3NC3CCCCC3)c2c1. The van der Waals surface area contributed by atoms with Gasteiger partial charge in [-0.3, -0.25) is 13.6 Å². The number of rotatable bonds is 8. The Kier molecular flexibility index (Phi) is 6.63. The standard InChI is InChI=1S/C27H31N5O4/c1-4-14-36-20-12-13-31-21(15-20)23(30-25(31)17(2)33)24-26(28-19-8-6-5-7-9-19)32-16-18(27(34)35-3)10-11-22(32)29-24/h10-13,15-16,19,28H,4-9,14H2,1-3H3. The maximum atomic E-state index is 12.5. The second kappa shape index (κ2) is 10.0. The summed E-state index contributed by atoms with van der Waals surface area (Å²) in [6.07, 6.45) is 10.1. The molecule has 4 aromatic heterocycles. The van der Waals surface area contributed by atoms with Gasteiger partial charge in [0.15, 0.2) is 11.6 Å². The van der Waals surface area contributed by atoms with Crippen LogP contribution < -0.4 is 10.1 Å². The van der Waals surface area contributed by atoms with Crippen molar-refractivity contribution in [3.63, 3.8) is 0 Å². The molecule has 0 bridgehead atoms. The number of ether oxygens (including phenoxy) is 2. The normalized spacial score (nSPS) is 14.3. The summed E-state index contributed by atoms with van der Waals surface area (Å²) in [6, 6.07) is 7.52. The highest BCUT2D eigenvalue weighted by molar-refractivity contribution is 5.96. The minimum atomic E-state index is -0.417. The minimum absolute atomic E-state index is 0.142. The molecule has 0 amide bonds. The number of pyridine rings is 2. The Labute approximate surface area is 209 Å². The van der Waals surface area contributed by atoms with E-state index in [1.165, 1.54) is 20.5 Å². The van der Waals surface area contributed by atoms with E-state index in [2.05, 4.69) is 12.2 Å². The summed E-state index contributed by atoms with van der Waals surface area (Å²) in [6.45, 7) is 4.16. The summed E-state index contributed by atoms with van der Waals surface area (Å²) >= 11 is 0. The van der Waals surface area contributed by atoms with Gasteiger partial charge in [-0.1, -0.05) is 26.2 Å². The number of nitrogens with one attached hydrogen (secondary N) is 1. The minimum Gasteiger partial charge on any atom is -0.493 e. The molecule has 0 spiro atoms. The predicted molar refractivity (Wildman–Crippen MR) is 137 cm³/mol. The van der Waals surface area contributed by atoms with Crippen LogP contribution >= 0.6 is 0 Å². The van der Waals surface area contributed by atoms with Crippen molar-refractivity contribution in [2.45, 2.75) is 58.4 Å². The van der Waals surface area contributed by atoms with Crippen LogP contribution in [-0.2, 0) is 4.74 Å². The summed E-state index contributed by atoms with van der Waals surface area (Å²) in [5, 5.41) is 3.69. The molecule has 9 heteroatoms. The van der Waals surface area contributed by atoms with Crippen LogP contribution in [0.25, 0.3) is 22.6 Å². The number of imidazole rings is 2. The highest BCUT2D eigenvalue weighted by atomic mass is 16.5. The lowest BCUT2D eigenvalue weighted by Gasteiger charge is -2.24. The number of hydrogen-bond donors (Lipinski definition) is 1. The van der Waals surface area contributed by atoms with Gasteiger partial charge in [0.1, 0.15) is 28.6 Å². The summed E-state index contributed by atoms with van der Waals surface area (Å²) < 4.78 is 14.5. The van der Waals surface area contributed by atoms with Gasteiger partial charge in [0.05, 0.1) is 24.8 Å². The maximum absolute atomic E-state index is 12.5. The molecule has 4 aromatic rings. The van der Waals surface area contributed by atoms with E-state index in [1.807, 2.05) is 22.7 Å². The van der Waals surface area contributed by atoms with Crippen LogP contribution in [0, 0.1) is 0 Å². The van der Waals surface area contributed by atoms with E-state index in [0.29, 0.717) is 40.8 Å². The van der Waals surface area contributed by atoms with E-state index in [4.69, 9.17) is 19.4 Å². The van der Waals surface area contributed by atoms with Gasteiger partial charge in [-0.25, -0.2) is 14.8 Å². The molecule has 0 aromatic carbocycles. The number of hydrogen-bond acceptors (Lipinski definition) is 7. The van der Waals surface area contributed by atoms with E-state index in [0.717, 1.165) is 43.4 Å². The Hall–Kier alpha value is -3.88. The monoisotopic (exact) mass is 489 g/mol. The molecule has 5 rings (SSSR count). The van der Waals surface area contributed by atoms with Crippen LogP contribution in [0.2, 0.25) is 0 Å². The molecule has 4 heterocycles. The van der Waals surface area contributed by atoms with Gasteiger partial charge in [0, 0.05) is 31.4 Å². The highest BCUT2D eigenvalue weighted by Gasteiger charge is 2.25. The number of ketones is 1. The first-order chi connectivity index (χ1) is 17.5. The summed E-state index contributed by atoms with van der Waals surface area (Å²) in [5.74, 6) is 1.23. The van der Waals surface area contributed by atoms with E-state index < -0.39 is 5.97 Å². The molecule has 0 radical (unpaired) electrons. The third-order valence-corrected chi connectivity index (χ3v) is 6.61. The van der Waals surface area contributed by atoms with Crippen LogP contribution in [0.15, 0.2) is 36.7 Å². The lowest BCUT2D eigenvalue weighted by atomic mass is 9.95. The average molecular weight is 490 g/mol. The Balaban J connectivity index is 1.72. The first kappa shape index (κ1) is 23.8. The molecule has 1 aliphatic rings. The van der Waals surface area contributed by atoms with Gasteiger partial charge in [-0.15, -0.1) is 0 Å². The number of esters is 1. The number of methoxy groups -OCH3 is 1. The van der Waals surface area contributed by atoms with E-state index in [1.54, 1.807) is 22.7 Å². The Morgan fingerprint density at radius 1 is 1.08 bits per heavy atom. The van der Waals surface area contributed by atoms with Gasteiger partial charge in [-0.2, -0.15) is 0 Å². The van der Waals surface area contributed by atoms with E-state index in [-0.39, 0.29) is 11.8 Å². The first-order valence-electron chi connectivity index (χ1n) is 12.5. The van der Waals surface area contributed by atoms with Gasteiger partial charge < -0.3 is 14.8 Å². The summed E-state index contributed by atoms with van der Waals surface area (Å²) in [7, 11) is 1.37. The summed E-state index contributed by atoms with van der Waals surface area (Å²) in [5.41, 5.74) is 3.04. The topological polar surface area (TPSA) is 99.2 Å². The number of anilines is 1. The fourth-order valence-corrected chi connectivity index (χ4v) is 4.82. The quantitative estimate of drug-likeness (QED) is 0.269. The number of nitrogens with zero attached hydrogens (tertiary/aromatic N) is 4. The van der Waals surface area contributed by atoms with Crippen LogP contribution in [0.4, 0.5) is 5.82 Å². The molecule has 1 aliphatic carbocycles. The van der Waals surface area contributed by atoms with Crippen molar-refractivity contribution in [2.75, 3.05) is 19.0 Å². The molecule has 0 aliphatic heterocycles. The van der Waals surface area contributed by atoms with Crippen molar-refractivity contribution < 1.29 is 19.1 Å². The number of carbonyl (C=O) groups is 2. The van der Waals surface area contributed by atoms with Crippen molar-refractivity contribution >= 4 is 28.7 Å². The molecule has 1 saturated carbocycles. The molecule has 36 heavy (non-hydrogen) atoms. The fraction of sp³-hybridized carbons (Fsp3) is 0.407. The molecule has 0 unspecified atom stereocenters. The van der Waals surface area contributed by atoms with Crippen molar-refractivity contribution in [2.24, 2.45) is 0 Å². The van der Waals surface area contributed by atoms with Crippen LogP contribution in [-0.4, -0.2) is 50.3 Å². The number of fused-ring (bicyclic) bond motifs is 2. The van der Waals surface area contributed by atoms with Gasteiger partial charge >= 0.3 is 5.97 Å². The molecule has 0 atom stereocenters. The fourth-order valence-electron chi connectivity index (χ4n) is 4.82. The van der Waals surface area contributed by atoms with Crippen LogP contribution in [0.5, 0.6) is 5.75 Å². The van der Waals surface area contributed by atoms with Gasteiger partial charge in [-0.05, 0) is 37.5 Å². The first-order valence-corrected chi connectivity index (χ1v) is 12.5. The van der Waals surface area contributed by atoms with Gasteiger partial charge in [0.2, 0.25) is 0 Å². The predicted octanol–water partition coefficient (Wildman–Crippen LogP) is 5.17. The van der Waals surface area contributed by atoms with E-state index in [9.17, 15) is 9.59 Å². The van der Waals surface area contributed by atoms with Crippen molar-refractivity contribution in [1.82, 2.24) is 18.8 Å². The van der Waals surface area contributed by atoms with Crippen LogP contribution in [0.3, 0.4) is 0 Å². The average Bonchev–Trinajstić information content (AvgIpc) is 3.45. The Morgan fingerprint density at radius 3 is 2.61 bits per heavy atom. The second-order valence-electron chi connectivity index (χ2n) is 9.23. The third-order valence-electron chi connectivity index (χ3n) is 6.61. The lowest BCUT2D eigenvalue weighted by Crippen LogP contribution is -2.23. The number of aromatic nitrogens is 4. The maximum Gasteiger partial charge on any atom is 0.339 e. The largest absolute Gasteiger partial charge is 0.493 e. The molecular formula is C27H31N5O4. The highest BCUT2D eigenvalue weighted by Crippen LogP contribution is 2.35. The zero-order valence-corrected chi connectivity index (χ0v) is 20.9. The molecule has 188 valence electrons. The second-order valence-corrected chi connectivity index (χ2v) is 9.23. The third kappa shape index (κ3) is 4.41. The van der Waals surface area contributed by atoms with E-state index >= 15 is 0 Å². The molecule has 0 saturated heterocycles. The number of Topliss-reactive ketones (excluding diaryl/α,β-unsaturated/α-hetero) is 1. The lowest BCUT2D eigenvalue weighted by molar-refractivity contribution is 0.0600. The van der Waals surface area contributed by atoms with Crippen LogP contribution in [0.1, 0.15) is 73.3 Å². The van der Waals surface area contributed by atoms with Gasteiger partial charge in [0.25, 0.3) is 0 Å². The zero-order valence-electron chi connectivity index (χ0n) is 20.9.